The van der Waals surface area contributed by atoms with Crippen molar-refractivity contribution < 1.29 is 9.59 Å². The van der Waals surface area contributed by atoms with Crippen LogP contribution in [-0.4, -0.2) is 24.9 Å². The van der Waals surface area contributed by atoms with Crippen LogP contribution in [0.25, 0.3) is 0 Å². The molecule has 0 spiro atoms. The fourth-order valence-corrected chi connectivity index (χ4v) is 1.54. The fraction of sp³-hybridized carbons (Fsp3) is 0.273. The third-order valence-electron chi connectivity index (χ3n) is 2.11. The Morgan fingerprint density at radius 2 is 2.00 bits per heavy atom. The van der Waals surface area contributed by atoms with Crippen molar-refractivity contribution in [3.63, 3.8) is 0 Å². The van der Waals surface area contributed by atoms with E-state index in [-0.39, 0.29) is 37.3 Å². The highest BCUT2D eigenvalue weighted by Crippen LogP contribution is 2.20. The second-order valence-electron chi connectivity index (χ2n) is 3.49. The summed E-state index contributed by atoms with van der Waals surface area (Å²) in [5.74, 6) is -0.640. The molecule has 4 N–H and O–H groups in total. The van der Waals surface area contributed by atoms with E-state index in [1.807, 2.05) is 19.1 Å². The van der Waals surface area contributed by atoms with Gasteiger partial charge in [0.25, 0.3) is 0 Å². The Labute approximate surface area is 120 Å². The molecule has 1 aromatic rings. The number of anilines is 1. The number of hydrogen-bond donors (Lipinski definition) is 3. The van der Waals surface area contributed by atoms with Gasteiger partial charge in [0.05, 0.1) is 13.1 Å². The van der Waals surface area contributed by atoms with Crippen molar-refractivity contribution >= 4 is 45.8 Å². The third-order valence-corrected chi connectivity index (χ3v) is 2.60. The first-order valence-electron chi connectivity index (χ1n) is 5.05. The van der Waals surface area contributed by atoms with Gasteiger partial charge in [-0.25, -0.2) is 0 Å². The highest BCUT2D eigenvalue weighted by Gasteiger charge is 2.06. The molecule has 0 radical (unpaired) electrons. The van der Waals surface area contributed by atoms with Gasteiger partial charge in [0.2, 0.25) is 11.8 Å². The Balaban J connectivity index is 0.00000289. The van der Waals surface area contributed by atoms with Crippen LogP contribution < -0.4 is 16.4 Å². The lowest BCUT2D eigenvalue weighted by Crippen LogP contribution is -2.36. The summed E-state index contributed by atoms with van der Waals surface area (Å²) in [5, 5.41) is 5.10. The van der Waals surface area contributed by atoms with Crippen molar-refractivity contribution in [1.29, 1.82) is 0 Å². The van der Waals surface area contributed by atoms with Crippen molar-refractivity contribution in [2.75, 3.05) is 18.4 Å². The second-order valence-corrected chi connectivity index (χ2v) is 4.40. The fourth-order valence-electron chi connectivity index (χ4n) is 1.17. The second kappa shape index (κ2) is 8.07. The van der Waals surface area contributed by atoms with E-state index in [2.05, 4.69) is 26.6 Å². The van der Waals surface area contributed by atoms with E-state index in [1.54, 1.807) is 6.07 Å². The number of carbonyl (C=O) groups excluding carboxylic acids is 2. The predicted molar refractivity (Wildman–Crippen MR) is 76.8 cm³/mol. The van der Waals surface area contributed by atoms with E-state index in [0.29, 0.717) is 5.69 Å². The van der Waals surface area contributed by atoms with Gasteiger partial charge in [0.1, 0.15) is 0 Å². The lowest BCUT2D eigenvalue weighted by atomic mass is 10.2. The van der Waals surface area contributed by atoms with Crippen LogP contribution in [0.3, 0.4) is 0 Å². The van der Waals surface area contributed by atoms with Gasteiger partial charge < -0.3 is 16.4 Å². The summed E-state index contributed by atoms with van der Waals surface area (Å²) in [4.78, 5) is 22.4. The zero-order valence-electron chi connectivity index (χ0n) is 9.83. The Hall–Kier alpha value is -1.11. The number of rotatable bonds is 4. The van der Waals surface area contributed by atoms with E-state index in [4.69, 9.17) is 5.73 Å². The minimum absolute atomic E-state index is 0. The molecule has 1 aromatic carbocycles. The summed E-state index contributed by atoms with van der Waals surface area (Å²) in [5.41, 5.74) is 6.77. The van der Waals surface area contributed by atoms with E-state index in [9.17, 15) is 9.59 Å². The molecule has 0 aromatic heterocycles. The SMILES string of the molecule is Cc1ccc(Br)cc1NC(=O)CNC(=O)CN.Cl. The average Bonchev–Trinajstić information content (AvgIpc) is 2.30. The summed E-state index contributed by atoms with van der Waals surface area (Å²) in [6.45, 7) is 1.69. The van der Waals surface area contributed by atoms with E-state index in [1.165, 1.54) is 0 Å². The van der Waals surface area contributed by atoms with Crippen LogP contribution in [-0.2, 0) is 9.59 Å². The van der Waals surface area contributed by atoms with Crippen LogP contribution in [0.15, 0.2) is 22.7 Å². The molecular weight excluding hydrogens is 321 g/mol. The number of nitrogens with one attached hydrogen (secondary N) is 2. The van der Waals surface area contributed by atoms with Gasteiger partial charge in [-0.05, 0) is 24.6 Å². The number of hydrogen-bond acceptors (Lipinski definition) is 3. The van der Waals surface area contributed by atoms with Gasteiger partial charge >= 0.3 is 0 Å². The first kappa shape index (κ1) is 16.9. The number of aryl methyl sites for hydroxylation is 1. The summed E-state index contributed by atoms with van der Waals surface area (Å²) in [7, 11) is 0. The van der Waals surface area contributed by atoms with Crippen molar-refractivity contribution in [2.24, 2.45) is 5.73 Å². The topological polar surface area (TPSA) is 84.2 Å². The molecule has 100 valence electrons. The largest absolute Gasteiger partial charge is 0.346 e. The van der Waals surface area contributed by atoms with Crippen molar-refractivity contribution in [1.82, 2.24) is 5.32 Å². The molecule has 5 nitrogen and oxygen atoms in total. The number of benzene rings is 1. The lowest BCUT2D eigenvalue weighted by molar-refractivity contribution is -0.123. The van der Waals surface area contributed by atoms with Gasteiger partial charge in [-0.15, -0.1) is 12.4 Å². The smallest absolute Gasteiger partial charge is 0.243 e. The number of halogens is 2. The van der Waals surface area contributed by atoms with Gasteiger partial charge in [-0.3, -0.25) is 9.59 Å². The maximum Gasteiger partial charge on any atom is 0.243 e. The quantitative estimate of drug-likeness (QED) is 0.772. The molecule has 0 unspecified atom stereocenters. The molecule has 0 fully saturated rings. The third kappa shape index (κ3) is 5.48. The normalized spacial score (nSPS) is 9.28. The molecule has 0 bridgehead atoms. The number of nitrogens with two attached hydrogens (primary N) is 1. The summed E-state index contributed by atoms with van der Waals surface area (Å²) >= 11 is 3.32. The maximum atomic E-state index is 11.5. The maximum absolute atomic E-state index is 11.5. The van der Waals surface area contributed by atoms with Crippen LogP contribution in [0, 0.1) is 6.92 Å². The molecule has 0 atom stereocenters. The highest BCUT2D eigenvalue weighted by molar-refractivity contribution is 9.10. The average molecular weight is 337 g/mol. The van der Waals surface area contributed by atoms with Crippen LogP contribution in [0.2, 0.25) is 0 Å². The molecule has 18 heavy (non-hydrogen) atoms. The molecule has 0 heterocycles. The molecule has 0 aliphatic carbocycles. The monoisotopic (exact) mass is 335 g/mol. The van der Waals surface area contributed by atoms with Crippen molar-refractivity contribution in [2.45, 2.75) is 6.92 Å². The highest BCUT2D eigenvalue weighted by atomic mass is 79.9. The van der Waals surface area contributed by atoms with Crippen LogP contribution in [0.1, 0.15) is 5.56 Å². The Morgan fingerprint density at radius 3 is 2.61 bits per heavy atom. The zero-order chi connectivity index (χ0) is 12.8. The Morgan fingerprint density at radius 1 is 1.33 bits per heavy atom. The molecular formula is C11H15BrClN3O2. The van der Waals surface area contributed by atoms with Gasteiger partial charge in [-0.2, -0.15) is 0 Å². The number of amides is 2. The van der Waals surface area contributed by atoms with Gasteiger partial charge in [0, 0.05) is 10.2 Å². The molecule has 0 aliphatic rings. The first-order chi connectivity index (χ1) is 8.02. The molecule has 0 aliphatic heterocycles. The first-order valence-corrected chi connectivity index (χ1v) is 5.85. The Kier molecular flexibility index (Phi) is 7.58. The van der Waals surface area contributed by atoms with Gasteiger partial charge in [-0.1, -0.05) is 22.0 Å². The van der Waals surface area contributed by atoms with Crippen LogP contribution in [0.4, 0.5) is 5.69 Å². The standard InChI is InChI=1S/C11H14BrN3O2.ClH/c1-7-2-3-8(12)4-9(7)15-11(17)6-14-10(16)5-13;/h2-4H,5-6,13H2,1H3,(H,14,16)(H,15,17);1H. The summed E-state index contributed by atoms with van der Waals surface area (Å²) in [6, 6.07) is 5.58. The zero-order valence-corrected chi connectivity index (χ0v) is 12.2. The minimum atomic E-state index is -0.355. The summed E-state index contributed by atoms with van der Waals surface area (Å²) in [6.07, 6.45) is 0. The van der Waals surface area contributed by atoms with E-state index < -0.39 is 0 Å². The minimum Gasteiger partial charge on any atom is -0.346 e. The van der Waals surface area contributed by atoms with Crippen LogP contribution >= 0.6 is 28.3 Å². The van der Waals surface area contributed by atoms with Gasteiger partial charge in [0.15, 0.2) is 0 Å². The Bertz CT molecular complexity index is 440. The van der Waals surface area contributed by atoms with E-state index in [0.717, 1.165) is 10.0 Å². The van der Waals surface area contributed by atoms with Crippen molar-refractivity contribution in [3.8, 4) is 0 Å². The molecule has 0 saturated heterocycles. The van der Waals surface area contributed by atoms with Crippen LogP contribution in [0.5, 0.6) is 0 Å². The van der Waals surface area contributed by atoms with E-state index >= 15 is 0 Å². The summed E-state index contributed by atoms with van der Waals surface area (Å²) < 4.78 is 0.879. The molecule has 2 amide bonds. The predicted octanol–water partition coefficient (Wildman–Crippen LogP) is 1.19. The molecule has 7 heteroatoms. The number of carbonyl (C=O) groups is 2. The lowest BCUT2D eigenvalue weighted by Gasteiger charge is -2.09. The molecule has 0 saturated carbocycles. The van der Waals surface area contributed by atoms with Crippen molar-refractivity contribution in [3.05, 3.63) is 28.2 Å². The molecule has 1 rings (SSSR count).